The van der Waals surface area contributed by atoms with E-state index in [9.17, 15) is 19.2 Å². The van der Waals surface area contributed by atoms with Gasteiger partial charge in [0, 0.05) is 11.6 Å². The highest BCUT2D eigenvalue weighted by Crippen LogP contribution is 2.24. The van der Waals surface area contributed by atoms with Crippen LogP contribution in [0.5, 0.6) is 0 Å². The van der Waals surface area contributed by atoms with Gasteiger partial charge in [0.2, 0.25) is 0 Å². The van der Waals surface area contributed by atoms with E-state index in [1.165, 1.54) is 17.0 Å². The lowest BCUT2D eigenvalue weighted by Crippen LogP contribution is -2.29. The molecule has 3 amide bonds. The van der Waals surface area contributed by atoms with Crippen LogP contribution in [0.4, 0.5) is 0 Å². The maximum Gasteiger partial charge on any atom is 0.338 e. The van der Waals surface area contributed by atoms with Gasteiger partial charge in [-0.15, -0.1) is 0 Å². The van der Waals surface area contributed by atoms with E-state index in [1.54, 1.807) is 60.7 Å². The van der Waals surface area contributed by atoms with E-state index in [1.807, 2.05) is 0 Å². The summed E-state index contributed by atoms with van der Waals surface area (Å²) in [4.78, 5) is 50.3. The highest BCUT2D eigenvalue weighted by Gasteiger charge is 2.34. The third-order valence-electron chi connectivity index (χ3n) is 5.15. The molecule has 0 saturated heterocycles. The summed E-state index contributed by atoms with van der Waals surface area (Å²) >= 11 is 5.82. The SMILES string of the molecule is O=C(COC(=O)c1ccc(CN2C(=O)c3ccccc3C2=O)cc1)NCc1ccc(Cl)cc1. The number of halogens is 1. The normalized spacial score (nSPS) is 12.5. The predicted molar refractivity (Wildman–Crippen MR) is 121 cm³/mol. The van der Waals surface area contributed by atoms with Crippen LogP contribution in [0.25, 0.3) is 0 Å². The molecule has 0 radical (unpaired) electrons. The number of fused-ring (bicyclic) bond motifs is 1. The van der Waals surface area contributed by atoms with Crippen molar-refractivity contribution in [2.24, 2.45) is 0 Å². The standard InChI is InChI=1S/C25H19ClN2O5/c26-19-11-7-16(8-12-19)13-27-22(29)15-33-25(32)18-9-5-17(6-10-18)14-28-23(30)20-3-1-2-4-21(20)24(28)31/h1-12H,13-15H2,(H,27,29). The van der Waals surface area contributed by atoms with Crippen LogP contribution in [0.2, 0.25) is 5.02 Å². The van der Waals surface area contributed by atoms with E-state index >= 15 is 0 Å². The first kappa shape index (κ1) is 22.2. The van der Waals surface area contributed by atoms with Gasteiger partial charge < -0.3 is 10.1 Å². The van der Waals surface area contributed by atoms with Crippen LogP contribution < -0.4 is 5.32 Å². The van der Waals surface area contributed by atoms with E-state index in [-0.39, 0.29) is 23.9 Å². The third kappa shape index (κ3) is 5.10. The zero-order valence-electron chi connectivity index (χ0n) is 17.4. The Kier molecular flexibility index (Phi) is 6.51. The number of imide groups is 1. The maximum absolute atomic E-state index is 12.5. The van der Waals surface area contributed by atoms with E-state index < -0.39 is 18.5 Å². The lowest BCUT2D eigenvalue weighted by Gasteiger charge is -2.14. The summed E-state index contributed by atoms with van der Waals surface area (Å²) in [6.07, 6.45) is 0. The first-order valence-corrected chi connectivity index (χ1v) is 10.5. The zero-order chi connectivity index (χ0) is 23.4. The number of hydrogen-bond donors (Lipinski definition) is 1. The molecule has 0 aliphatic carbocycles. The Balaban J connectivity index is 1.28. The molecule has 33 heavy (non-hydrogen) atoms. The van der Waals surface area contributed by atoms with Crippen molar-refractivity contribution in [1.29, 1.82) is 0 Å². The molecule has 3 aromatic rings. The van der Waals surface area contributed by atoms with Crippen LogP contribution in [0.3, 0.4) is 0 Å². The molecular formula is C25H19ClN2O5. The largest absolute Gasteiger partial charge is 0.452 e. The van der Waals surface area contributed by atoms with Crippen LogP contribution in [0, 0.1) is 0 Å². The first-order valence-electron chi connectivity index (χ1n) is 10.1. The highest BCUT2D eigenvalue weighted by atomic mass is 35.5. The summed E-state index contributed by atoms with van der Waals surface area (Å²) < 4.78 is 5.06. The van der Waals surface area contributed by atoms with Gasteiger partial charge in [0.25, 0.3) is 17.7 Å². The molecule has 166 valence electrons. The summed E-state index contributed by atoms with van der Waals surface area (Å²) in [6.45, 7) is -0.0297. The van der Waals surface area contributed by atoms with Crippen molar-refractivity contribution in [1.82, 2.24) is 10.2 Å². The van der Waals surface area contributed by atoms with E-state index in [2.05, 4.69) is 5.32 Å². The average molecular weight is 463 g/mol. The van der Waals surface area contributed by atoms with Crippen molar-refractivity contribution in [2.45, 2.75) is 13.1 Å². The van der Waals surface area contributed by atoms with Crippen molar-refractivity contribution < 1.29 is 23.9 Å². The third-order valence-corrected chi connectivity index (χ3v) is 5.40. The molecule has 0 unspecified atom stereocenters. The molecule has 0 aromatic heterocycles. The van der Waals surface area contributed by atoms with E-state index in [0.29, 0.717) is 28.3 Å². The molecule has 8 heteroatoms. The summed E-state index contributed by atoms with van der Waals surface area (Å²) in [7, 11) is 0. The molecule has 4 rings (SSSR count). The first-order chi connectivity index (χ1) is 15.9. The predicted octanol–water partition coefficient (Wildman–Crippen LogP) is 3.61. The topological polar surface area (TPSA) is 92.8 Å². The number of carbonyl (C=O) groups excluding carboxylic acids is 4. The van der Waals surface area contributed by atoms with Gasteiger partial charge in [0.05, 0.1) is 23.2 Å². The Bertz CT molecular complexity index is 1190. The minimum absolute atomic E-state index is 0.0920. The zero-order valence-corrected chi connectivity index (χ0v) is 18.2. The number of esters is 1. The molecule has 1 heterocycles. The van der Waals surface area contributed by atoms with Crippen molar-refractivity contribution >= 4 is 35.3 Å². The van der Waals surface area contributed by atoms with Crippen LogP contribution in [0.15, 0.2) is 72.8 Å². The Labute approximate surface area is 194 Å². The van der Waals surface area contributed by atoms with E-state index in [0.717, 1.165) is 5.56 Å². The summed E-state index contributed by atoms with van der Waals surface area (Å²) in [5.74, 6) is -1.77. The number of carbonyl (C=O) groups is 4. The van der Waals surface area contributed by atoms with E-state index in [4.69, 9.17) is 16.3 Å². The summed E-state index contributed by atoms with van der Waals surface area (Å²) in [6, 6.07) is 20.0. The van der Waals surface area contributed by atoms with Gasteiger partial charge in [-0.3, -0.25) is 19.3 Å². The molecular weight excluding hydrogens is 444 g/mol. The minimum atomic E-state index is -0.649. The molecule has 0 fully saturated rings. The Hall–Kier alpha value is -3.97. The number of rotatable bonds is 7. The maximum atomic E-state index is 12.5. The minimum Gasteiger partial charge on any atom is -0.452 e. The molecule has 0 saturated carbocycles. The molecule has 0 atom stereocenters. The molecule has 7 nitrogen and oxygen atoms in total. The number of amides is 3. The monoisotopic (exact) mass is 462 g/mol. The molecule has 3 aromatic carbocycles. The molecule has 1 aliphatic rings. The fraction of sp³-hybridized carbons (Fsp3) is 0.120. The molecule has 1 N–H and O–H groups in total. The fourth-order valence-corrected chi connectivity index (χ4v) is 3.51. The van der Waals surface area contributed by atoms with Gasteiger partial charge in [-0.2, -0.15) is 0 Å². The highest BCUT2D eigenvalue weighted by molar-refractivity contribution is 6.30. The summed E-state index contributed by atoms with van der Waals surface area (Å²) in [5.41, 5.74) is 2.58. The second kappa shape index (κ2) is 9.67. The quantitative estimate of drug-likeness (QED) is 0.427. The number of nitrogens with zero attached hydrogens (tertiary/aromatic N) is 1. The lowest BCUT2D eigenvalue weighted by molar-refractivity contribution is -0.124. The van der Waals surface area contributed by atoms with Crippen molar-refractivity contribution in [3.63, 3.8) is 0 Å². The van der Waals surface area contributed by atoms with Crippen LogP contribution in [0.1, 0.15) is 42.2 Å². The summed E-state index contributed by atoms with van der Waals surface area (Å²) in [5, 5.41) is 3.27. The number of benzene rings is 3. The van der Waals surface area contributed by atoms with Gasteiger partial charge >= 0.3 is 5.97 Å². The number of ether oxygens (including phenoxy) is 1. The van der Waals surface area contributed by atoms with Gasteiger partial charge in [-0.05, 0) is 47.5 Å². The Morgan fingerprint density at radius 2 is 1.39 bits per heavy atom. The Morgan fingerprint density at radius 3 is 2.00 bits per heavy atom. The van der Waals surface area contributed by atoms with Crippen molar-refractivity contribution in [3.8, 4) is 0 Å². The fourth-order valence-electron chi connectivity index (χ4n) is 3.38. The molecule has 0 bridgehead atoms. The van der Waals surface area contributed by atoms with Gasteiger partial charge in [-0.25, -0.2) is 4.79 Å². The van der Waals surface area contributed by atoms with Crippen LogP contribution >= 0.6 is 11.6 Å². The number of hydrogen-bond acceptors (Lipinski definition) is 5. The molecule has 1 aliphatic heterocycles. The van der Waals surface area contributed by atoms with Crippen LogP contribution in [-0.2, 0) is 22.6 Å². The van der Waals surface area contributed by atoms with Crippen molar-refractivity contribution in [2.75, 3.05) is 6.61 Å². The van der Waals surface area contributed by atoms with Crippen molar-refractivity contribution in [3.05, 3.63) is 106 Å². The Morgan fingerprint density at radius 1 is 0.818 bits per heavy atom. The average Bonchev–Trinajstić information content (AvgIpc) is 3.07. The van der Waals surface area contributed by atoms with Gasteiger partial charge in [0.15, 0.2) is 6.61 Å². The lowest BCUT2D eigenvalue weighted by atomic mass is 10.1. The van der Waals surface area contributed by atoms with Crippen LogP contribution in [-0.4, -0.2) is 35.2 Å². The molecule has 0 spiro atoms. The second-order valence-corrected chi connectivity index (χ2v) is 7.85. The smallest absolute Gasteiger partial charge is 0.338 e. The second-order valence-electron chi connectivity index (χ2n) is 7.42. The van der Waals surface area contributed by atoms with Gasteiger partial charge in [0.1, 0.15) is 0 Å². The number of nitrogens with one attached hydrogen (secondary N) is 1. The van der Waals surface area contributed by atoms with Gasteiger partial charge in [-0.1, -0.05) is 48.0 Å².